The third kappa shape index (κ3) is 4.92. The molecule has 9 nitrogen and oxygen atoms in total. The number of amides is 1. The van der Waals surface area contributed by atoms with Crippen LogP contribution in [0.25, 0.3) is 5.69 Å². The molecule has 2 aromatic carbocycles. The van der Waals surface area contributed by atoms with Gasteiger partial charge in [-0.15, -0.1) is 10.2 Å². The van der Waals surface area contributed by atoms with Crippen molar-refractivity contribution in [2.75, 3.05) is 49.4 Å². The van der Waals surface area contributed by atoms with Gasteiger partial charge in [0.15, 0.2) is 5.16 Å². The van der Waals surface area contributed by atoms with Gasteiger partial charge in [0.05, 0.1) is 43.0 Å². The summed E-state index contributed by atoms with van der Waals surface area (Å²) >= 11 is 1.28. The number of nitrogens with one attached hydrogen (secondary N) is 1. The molecule has 0 aliphatic carbocycles. The summed E-state index contributed by atoms with van der Waals surface area (Å²) in [4.78, 5) is 26.7. The number of carbonyl (C=O) groups is 2. The van der Waals surface area contributed by atoms with Crippen LogP contribution in [-0.4, -0.2) is 65.8 Å². The van der Waals surface area contributed by atoms with Crippen LogP contribution >= 0.6 is 11.8 Å². The minimum absolute atomic E-state index is 0.101. The average molecular weight is 454 g/mol. The van der Waals surface area contributed by atoms with Gasteiger partial charge in [0.2, 0.25) is 11.9 Å². The first-order valence-corrected chi connectivity index (χ1v) is 11.1. The highest BCUT2D eigenvalue weighted by atomic mass is 32.2. The Balaban J connectivity index is 1.52. The molecule has 0 bridgehead atoms. The molecule has 0 radical (unpaired) electrons. The fourth-order valence-corrected chi connectivity index (χ4v) is 4.07. The highest BCUT2D eigenvalue weighted by molar-refractivity contribution is 7.99. The van der Waals surface area contributed by atoms with E-state index in [1.807, 2.05) is 34.9 Å². The minimum atomic E-state index is -0.507. The summed E-state index contributed by atoms with van der Waals surface area (Å²) in [5.74, 6) is 0.0525. The monoisotopic (exact) mass is 453 g/mol. The Morgan fingerprint density at radius 3 is 2.53 bits per heavy atom. The van der Waals surface area contributed by atoms with E-state index in [0.29, 0.717) is 29.6 Å². The zero-order valence-corrected chi connectivity index (χ0v) is 18.4. The largest absolute Gasteiger partial charge is 0.465 e. The van der Waals surface area contributed by atoms with E-state index in [4.69, 9.17) is 9.47 Å². The number of benzene rings is 2. The molecule has 1 fully saturated rings. The van der Waals surface area contributed by atoms with Crippen LogP contribution in [0.4, 0.5) is 11.6 Å². The molecule has 0 atom stereocenters. The second kappa shape index (κ2) is 10.3. The van der Waals surface area contributed by atoms with Crippen molar-refractivity contribution in [2.24, 2.45) is 0 Å². The summed E-state index contributed by atoms with van der Waals surface area (Å²) in [6.07, 6.45) is 0. The van der Waals surface area contributed by atoms with E-state index in [9.17, 15) is 9.59 Å². The molecule has 1 aromatic heterocycles. The van der Waals surface area contributed by atoms with E-state index in [0.717, 1.165) is 24.7 Å². The van der Waals surface area contributed by atoms with Crippen molar-refractivity contribution in [3.63, 3.8) is 0 Å². The van der Waals surface area contributed by atoms with Crippen molar-refractivity contribution in [1.29, 1.82) is 0 Å². The van der Waals surface area contributed by atoms with Gasteiger partial charge in [-0.1, -0.05) is 42.1 Å². The van der Waals surface area contributed by atoms with Crippen LogP contribution in [-0.2, 0) is 14.3 Å². The first kappa shape index (κ1) is 21.8. The van der Waals surface area contributed by atoms with Crippen LogP contribution in [0.1, 0.15) is 10.4 Å². The summed E-state index contributed by atoms with van der Waals surface area (Å²) in [6.45, 7) is 2.71. The number of rotatable bonds is 7. The van der Waals surface area contributed by atoms with Gasteiger partial charge in [0, 0.05) is 13.1 Å². The molecule has 166 valence electrons. The number of nitrogens with zero attached hydrogens (tertiary/aromatic N) is 4. The van der Waals surface area contributed by atoms with E-state index in [2.05, 4.69) is 20.4 Å². The maximum absolute atomic E-state index is 12.6. The van der Waals surface area contributed by atoms with Crippen LogP contribution in [0.5, 0.6) is 0 Å². The lowest BCUT2D eigenvalue weighted by atomic mass is 10.2. The number of thioether (sulfide) groups is 1. The molecule has 10 heteroatoms. The van der Waals surface area contributed by atoms with Crippen molar-refractivity contribution in [3.8, 4) is 5.69 Å². The van der Waals surface area contributed by atoms with Crippen molar-refractivity contribution in [1.82, 2.24) is 14.8 Å². The number of para-hydroxylation sites is 2. The average Bonchev–Trinajstić information content (AvgIpc) is 3.28. The summed E-state index contributed by atoms with van der Waals surface area (Å²) in [5.41, 5.74) is 1.62. The zero-order valence-electron chi connectivity index (χ0n) is 17.6. The third-order valence-corrected chi connectivity index (χ3v) is 5.79. The minimum Gasteiger partial charge on any atom is -0.465 e. The van der Waals surface area contributed by atoms with Crippen molar-refractivity contribution < 1.29 is 19.1 Å². The lowest BCUT2D eigenvalue weighted by molar-refractivity contribution is -0.113. The first-order valence-electron chi connectivity index (χ1n) is 10.1. The molecular formula is C22H23N5O4S. The predicted octanol–water partition coefficient (Wildman–Crippen LogP) is 2.62. The first-order chi connectivity index (χ1) is 15.7. The van der Waals surface area contributed by atoms with Gasteiger partial charge in [-0.3, -0.25) is 9.36 Å². The van der Waals surface area contributed by atoms with Crippen LogP contribution in [0.3, 0.4) is 0 Å². The molecule has 32 heavy (non-hydrogen) atoms. The highest BCUT2D eigenvalue weighted by Crippen LogP contribution is 2.27. The number of esters is 1. The zero-order chi connectivity index (χ0) is 22.3. The number of carbonyl (C=O) groups excluding carboxylic acids is 2. The highest BCUT2D eigenvalue weighted by Gasteiger charge is 2.22. The number of ether oxygens (including phenoxy) is 2. The number of morpholine rings is 1. The smallest absolute Gasteiger partial charge is 0.339 e. The Hall–Kier alpha value is -3.37. The molecule has 1 saturated heterocycles. The SMILES string of the molecule is COC(=O)c1ccccc1NC(=O)CSc1nnc(N2CCOCC2)n1-c1ccccc1. The molecule has 2 heterocycles. The molecular weight excluding hydrogens is 430 g/mol. The molecule has 1 aliphatic rings. The van der Waals surface area contributed by atoms with Gasteiger partial charge in [-0.2, -0.15) is 0 Å². The number of hydrogen-bond donors (Lipinski definition) is 1. The van der Waals surface area contributed by atoms with Crippen molar-refractivity contribution >= 4 is 35.3 Å². The quantitative estimate of drug-likeness (QED) is 0.431. The number of anilines is 2. The number of aromatic nitrogens is 3. The lowest BCUT2D eigenvalue weighted by Crippen LogP contribution is -2.37. The fraction of sp³-hybridized carbons (Fsp3) is 0.273. The summed E-state index contributed by atoms with van der Waals surface area (Å²) in [7, 11) is 1.30. The molecule has 1 N–H and O–H groups in total. The topological polar surface area (TPSA) is 98.6 Å². The Morgan fingerprint density at radius 2 is 1.78 bits per heavy atom. The van der Waals surface area contributed by atoms with Gasteiger partial charge < -0.3 is 19.7 Å². The van der Waals surface area contributed by atoms with Gasteiger partial charge in [-0.05, 0) is 24.3 Å². The Kier molecular flexibility index (Phi) is 7.03. The van der Waals surface area contributed by atoms with Gasteiger partial charge >= 0.3 is 5.97 Å². The van der Waals surface area contributed by atoms with E-state index in [1.54, 1.807) is 24.3 Å². The van der Waals surface area contributed by atoms with E-state index < -0.39 is 5.97 Å². The third-order valence-electron chi connectivity index (χ3n) is 4.86. The van der Waals surface area contributed by atoms with E-state index in [1.165, 1.54) is 18.9 Å². The van der Waals surface area contributed by atoms with Gasteiger partial charge in [0.25, 0.3) is 0 Å². The summed E-state index contributed by atoms with van der Waals surface area (Å²) in [6, 6.07) is 16.5. The number of hydrogen-bond acceptors (Lipinski definition) is 8. The van der Waals surface area contributed by atoms with E-state index in [-0.39, 0.29) is 11.7 Å². The lowest BCUT2D eigenvalue weighted by Gasteiger charge is -2.27. The Morgan fingerprint density at radius 1 is 1.06 bits per heavy atom. The van der Waals surface area contributed by atoms with Crippen LogP contribution in [0.15, 0.2) is 59.8 Å². The molecule has 4 rings (SSSR count). The van der Waals surface area contributed by atoms with Gasteiger partial charge in [0.1, 0.15) is 0 Å². The maximum Gasteiger partial charge on any atom is 0.339 e. The van der Waals surface area contributed by atoms with Crippen molar-refractivity contribution in [3.05, 3.63) is 60.2 Å². The normalized spacial score (nSPS) is 13.6. The summed E-state index contributed by atoms with van der Waals surface area (Å²) in [5, 5.41) is 12.1. The molecule has 3 aromatic rings. The fourth-order valence-electron chi connectivity index (χ4n) is 3.32. The van der Waals surface area contributed by atoms with Crippen LogP contribution in [0.2, 0.25) is 0 Å². The number of methoxy groups -OCH3 is 1. The molecule has 1 amide bonds. The summed E-state index contributed by atoms with van der Waals surface area (Å²) < 4.78 is 12.2. The van der Waals surface area contributed by atoms with Crippen LogP contribution < -0.4 is 10.2 Å². The van der Waals surface area contributed by atoms with Crippen LogP contribution in [0, 0.1) is 0 Å². The standard InChI is InChI=1S/C22H23N5O4S/c1-30-20(29)17-9-5-6-10-18(17)23-19(28)15-32-22-25-24-21(26-11-13-31-14-12-26)27(22)16-7-3-2-4-8-16/h2-10H,11-15H2,1H3,(H,23,28). The molecule has 0 spiro atoms. The molecule has 0 saturated carbocycles. The Labute approximate surface area is 189 Å². The van der Waals surface area contributed by atoms with E-state index >= 15 is 0 Å². The maximum atomic E-state index is 12.6. The second-order valence-electron chi connectivity index (χ2n) is 6.93. The van der Waals surface area contributed by atoms with Crippen molar-refractivity contribution in [2.45, 2.75) is 5.16 Å². The Bertz CT molecular complexity index is 1080. The predicted molar refractivity (Wildman–Crippen MR) is 122 cm³/mol. The molecule has 0 unspecified atom stereocenters. The van der Waals surface area contributed by atoms with Gasteiger partial charge in [-0.25, -0.2) is 4.79 Å². The second-order valence-corrected chi connectivity index (χ2v) is 7.87. The molecule has 1 aliphatic heterocycles.